The summed E-state index contributed by atoms with van der Waals surface area (Å²) < 4.78 is 1.22. The molecule has 0 aliphatic carbocycles. The van der Waals surface area contributed by atoms with Crippen LogP contribution in [0.15, 0.2) is 14.3 Å². The summed E-state index contributed by atoms with van der Waals surface area (Å²) in [5.74, 6) is -1.92. The first-order valence-corrected chi connectivity index (χ1v) is 8.91. The lowest BCUT2D eigenvalue weighted by molar-refractivity contribution is -0.145. The monoisotopic (exact) mass is 710 g/mol. The maximum atomic E-state index is 11.9. The van der Waals surface area contributed by atoms with Gasteiger partial charge in [-0.3, -0.25) is 29.0 Å². The van der Waals surface area contributed by atoms with Gasteiger partial charge in [0.05, 0.1) is 14.3 Å². The molecule has 0 unspecified atom stereocenters. The third-order valence-electron chi connectivity index (χ3n) is 2.40. The van der Waals surface area contributed by atoms with Crippen LogP contribution in [0.5, 0.6) is 0 Å². The van der Waals surface area contributed by atoms with E-state index in [1.807, 2.05) is 0 Å². The molecule has 0 radical (unpaired) electrons. The number of carbonyl (C=O) groups is 4. The molecule has 0 saturated carbocycles. The Morgan fingerprint density at radius 2 is 0.789 bits per heavy atom. The molecule has 0 aromatic heterocycles. The van der Waals surface area contributed by atoms with E-state index in [0.29, 0.717) is 14.3 Å². The predicted molar refractivity (Wildman–Crippen MR) is 98.7 cm³/mol. The van der Waals surface area contributed by atoms with Gasteiger partial charge >= 0.3 is 0 Å². The zero-order chi connectivity index (χ0) is 14.5. The summed E-state index contributed by atoms with van der Waals surface area (Å²) in [6, 6.07) is 0. The quantitative estimate of drug-likeness (QED) is 0.325. The summed E-state index contributed by atoms with van der Waals surface area (Å²) in [6.07, 6.45) is 0. The van der Waals surface area contributed by atoms with Crippen LogP contribution in [0.2, 0.25) is 0 Å². The van der Waals surface area contributed by atoms with Gasteiger partial charge in [-0.25, -0.2) is 0 Å². The molecule has 2 aliphatic heterocycles. The van der Waals surface area contributed by atoms with Crippen molar-refractivity contribution >= 4 is 114 Å². The van der Waals surface area contributed by atoms with Crippen molar-refractivity contribution in [3.8, 4) is 0 Å². The van der Waals surface area contributed by atoms with Gasteiger partial charge in [0.15, 0.2) is 0 Å². The molecule has 100 valence electrons. The summed E-state index contributed by atoms with van der Waals surface area (Å²) >= 11 is 7.11. The highest BCUT2D eigenvalue weighted by Crippen LogP contribution is 2.33. The maximum absolute atomic E-state index is 11.9. The molecule has 0 aromatic carbocycles. The van der Waals surface area contributed by atoms with Crippen molar-refractivity contribution in [1.82, 2.24) is 9.80 Å². The third-order valence-corrected chi connectivity index (χ3v) is 8.47. The van der Waals surface area contributed by atoms with Crippen LogP contribution in [0, 0.1) is 0 Å². The van der Waals surface area contributed by atoms with E-state index in [-0.39, 0.29) is 6.67 Å². The van der Waals surface area contributed by atoms with Crippen molar-refractivity contribution < 1.29 is 19.2 Å². The van der Waals surface area contributed by atoms with Gasteiger partial charge in [0, 0.05) is 0 Å². The number of hydrogen-bond donors (Lipinski definition) is 0. The Kier molecular flexibility index (Phi) is 4.92. The molecule has 4 amide bonds. The average Bonchev–Trinajstić information content (AvgIpc) is 2.68. The first-order valence-electron chi connectivity index (χ1n) is 4.60. The lowest BCUT2D eigenvalue weighted by atomic mass is 10.5. The van der Waals surface area contributed by atoms with Crippen LogP contribution in [-0.4, -0.2) is 40.1 Å². The number of imide groups is 2. The zero-order valence-corrected chi connectivity index (χ0v) is 17.4. The van der Waals surface area contributed by atoms with E-state index in [1.165, 1.54) is 0 Å². The first-order chi connectivity index (χ1) is 8.77. The van der Waals surface area contributed by atoms with Gasteiger partial charge in [0.25, 0.3) is 23.6 Å². The van der Waals surface area contributed by atoms with E-state index >= 15 is 0 Å². The van der Waals surface area contributed by atoms with Crippen molar-refractivity contribution in [2.75, 3.05) is 6.67 Å². The van der Waals surface area contributed by atoms with Gasteiger partial charge in [-0.05, 0) is 90.4 Å². The minimum atomic E-state index is -0.479. The van der Waals surface area contributed by atoms with E-state index in [1.54, 1.807) is 90.4 Å². The molecule has 0 N–H and O–H groups in total. The molecular weight excluding hydrogens is 708 g/mol. The Balaban J connectivity index is 2.22. The molecule has 10 heteroatoms. The van der Waals surface area contributed by atoms with E-state index in [2.05, 4.69) is 0 Å². The fourth-order valence-corrected chi connectivity index (χ4v) is 3.52. The third kappa shape index (κ3) is 2.60. The number of rotatable bonds is 2. The van der Waals surface area contributed by atoms with E-state index in [0.717, 1.165) is 9.80 Å². The average molecular weight is 710 g/mol. The Morgan fingerprint density at radius 1 is 0.579 bits per heavy atom. The molecular formula is C9H2I4N2O4. The van der Waals surface area contributed by atoms with Gasteiger partial charge in [0.1, 0.15) is 6.67 Å². The van der Waals surface area contributed by atoms with Gasteiger partial charge in [-0.1, -0.05) is 0 Å². The lowest BCUT2D eigenvalue weighted by Gasteiger charge is -2.21. The normalized spacial score (nSPS) is 20.6. The van der Waals surface area contributed by atoms with Crippen LogP contribution in [0.4, 0.5) is 0 Å². The molecule has 0 spiro atoms. The molecule has 2 aliphatic rings. The SMILES string of the molecule is O=C1C(I)=C(I)C(=O)N1CN1C(=O)C(I)=C(I)C1=O. The number of hydrogen-bond acceptors (Lipinski definition) is 4. The number of nitrogens with zero attached hydrogens (tertiary/aromatic N) is 2. The highest BCUT2D eigenvalue weighted by molar-refractivity contribution is 14.1. The minimum absolute atomic E-state index is 0.305. The second-order valence-corrected chi connectivity index (χ2v) is 7.79. The van der Waals surface area contributed by atoms with Crippen LogP contribution >= 0.6 is 90.4 Å². The number of amides is 4. The Labute approximate surface area is 161 Å². The van der Waals surface area contributed by atoms with Crippen LogP contribution in [0.1, 0.15) is 0 Å². The topological polar surface area (TPSA) is 74.8 Å². The van der Waals surface area contributed by atoms with Gasteiger partial charge < -0.3 is 0 Å². The lowest BCUT2D eigenvalue weighted by Crippen LogP contribution is -2.45. The molecule has 0 fully saturated rings. The van der Waals surface area contributed by atoms with Gasteiger partial charge in [-0.2, -0.15) is 0 Å². The Hall–Kier alpha value is 0.680. The summed E-state index contributed by atoms with van der Waals surface area (Å²) in [4.78, 5) is 49.2. The van der Waals surface area contributed by atoms with Crippen molar-refractivity contribution in [2.45, 2.75) is 0 Å². The molecule has 19 heavy (non-hydrogen) atoms. The Bertz CT molecular complexity index is 509. The second-order valence-electron chi connectivity index (χ2n) is 3.47. The summed E-state index contributed by atoms with van der Waals surface area (Å²) in [6.45, 7) is -0.340. The predicted octanol–water partition coefficient (Wildman–Crippen LogP) is 1.84. The molecule has 0 bridgehead atoms. The Morgan fingerprint density at radius 3 is 1.00 bits per heavy atom. The molecule has 2 heterocycles. The molecule has 0 aromatic rings. The molecule has 2 rings (SSSR count). The largest absolute Gasteiger partial charge is 0.269 e. The van der Waals surface area contributed by atoms with Crippen molar-refractivity contribution in [3.63, 3.8) is 0 Å². The van der Waals surface area contributed by atoms with E-state index in [9.17, 15) is 19.2 Å². The smallest absolute Gasteiger partial charge is 0.268 e. The van der Waals surface area contributed by atoms with Gasteiger partial charge in [0.2, 0.25) is 0 Å². The molecule has 0 saturated heterocycles. The molecule has 0 atom stereocenters. The summed E-state index contributed by atoms with van der Waals surface area (Å²) in [5.41, 5.74) is 0. The van der Waals surface area contributed by atoms with Crippen molar-refractivity contribution in [2.24, 2.45) is 0 Å². The van der Waals surface area contributed by atoms with Crippen LogP contribution < -0.4 is 0 Å². The fourth-order valence-electron chi connectivity index (χ4n) is 1.43. The summed E-state index contributed by atoms with van der Waals surface area (Å²) in [7, 11) is 0. The van der Waals surface area contributed by atoms with Crippen LogP contribution in [0.3, 0.4) is 0 Å². The second kappa shape index (κ2) is 5.82. The highest BCUT2D eigenvalue weighted by Gasteiger charge is 2.42. The van der Waals surface area contributed by atoms with Gasteiger partial charge in [-0.15, -0.1) is 0 Å². The van der Waals surface area contributed by atoms with Crippen molar-refractivity contribution in [3.05, 3.63) is 14.3 Å². The fraction of sp³-hybridized carbons (Fsp3) is 0.111. The highest BCUT2D eigenvalue weighted by atomic mass is 127. The maximum Gasteiger partial charge on any atom is 0.269 e. The first kappa shape index (κ1) is 16.1. The molecule has 6 nitrogen and oxygen atoms in total. The van der Waals surface area contributed by atoms with E-state index < -0.39 is 23.6 Å². The van der Waals surface area contributed by atoms with Crippen molar-refractivity contribution in [1.29, 1.82) is 0 Å². The van der Waals surface area contributed by atoms with Crippen LogP contribution in [-0.2, 0) is 19.2 Å². The van der Waals surface area contributed by atoms with E-state index in [4.69, 9.17) is 0 Å². The summed E-state index contributed by atoms with van der Waals surface area (Å²) in [5, 5.41) is 0. The standard InChI is InChI=1S/C9H2I4N2O4/c10-2-3(11)7(17)14(6(2)16)1-15-8(18)4(12)5(13)9(15)19/h1H2. The zero-order valence-electron chi connectivity index (χ0n) is 8.75. The van der Waals surface area contributed by atoms with Crippen LogP contribution in [0.25, 0.3) is 0 Å². The number of halogens is 4. The minimum Gasteiger partial charge on any atom is -0.268 e. The number of carbonyl (C=O) groups excluding carboxylic acids is 4.